The van der Waals surface area contributed by atoms with Crippen molar-refractivity contribution in [2.45, 2.75) is 19.4 Å². The average Bonchev–Trinajstić information content (AvgIpc) is 2.63. The van der Waals surface area contributed by atoms with Gasteiger partial charge in [0, 0.05) is 36.8 Å². The number of likely N-dealkylation sites (tertiary alicyclic amines) is 1. The summed E-state index contributed by atoms with van der Waals surface area (Å²) in [7, 11) is 0. The van der Waals surface area contributed by atoms with Gasteiger partial charge >= 0.3 is 5.97 Å². The summed E-state index contributed by atoms with van der Waals surface area (Å²) in [4.78, 5) is 27.8. The van der Waals surface area contributed by atoms with Gasteiger partial charge in [-0.15, -0.1) is 0 Å². The number of carboxylic acid groups (broad SMARTS) is 1. The van der Waals surface area contributed by atoms with Gasteiger partial charge in [0.25, 0.3) is 0 Å². The molecular formula is C19H27N3O3S. The van der Waals surface area contributed by atoms with Crippen LogP contribution in [0, 0.1) is 5.92 Å². The van der Waals surface area contributed by atoms with Crippen LogP contribution in [0.3, 0.4) is 0 Å². The van der Waals surface area contributed by atoms with Crippen molar-refractivity contribution in [3.63, 3.8) is 0 Å². The van der Waals surface area contributed by atoms with E-state index in [1.165, 1.54) is 17.1 Å². The van der Waals surface area contributed by atoms with Crippen LogP contribution in [-0.4, -0.2) is 71.0 Å². The highest BCUT2D eigenvalue weighted by Gasteiger charge is 2.25. The second-order valence-electron chi connectivity index (χ2n) is 7.03. The molecule has 2 N–H and O–H groups in total. The molecule has 0 atom stereocenters. The van der Waals surface area contributed by atoms with Crippen molar-refractivity contribution in [1.29, 1.82) is 0 Å². The number of hydrogen-bond acceptors (Lipinski definition) is 5. The van der Waals surface area contributed by atoms with E-state index in [9.17, 15) is 9.59 Å². The number of rotatable bonds is 6. The van der Waals surface area contributed by atoms with E-state index in [4.69, 9.17) is 5.11 Å². The molecule has 2 aliphatic rings. The molecule has 0 bridgehead atoms. The van der Waals surface area contributed by atoms with Gasteiger partial charge < -0.3 is 10.4 Å². The Kier molecular flexibility index (Phi) is 6.93. The molecule has 26 heavy (non-hydrogen) atoms. The molecule has 7 heteroatoms. The Bertz CT molecular complexity index is 626. The first kappa shape index (κ1) is 19.2. The highest BCUT2D eigenvalue weighted by atomic mass is 32.2. The standard InChI is InChI=1S/C19H27N3O3S/c23-18(14-21-6-4-16(5-7-21)19(24)25)20-17-3-1-2-15(12-17)13-22-8-10-26-11-9-22/h1-3,12,16H,4-11,13-14H2,(H,20,23)(H,24,25). The molecule has 2 heterocycles. The summed E-state index contributed by atoms with van der Waals surface area (Å²) in [6.45, 7) is 4.81. The number of thioether (sulfide) groups is 1. The minimum absolute atomic E-state index is 0.0368. The summed E-state index contributed by atoms with van der Waals surface area (Å²) in [6, 6.07) is 8.07. The predicted octanol–water partition coefficient (Wildman–Crippen LogP) is 1.97. The van der Waals surface area contributed by atoms with Crippen molar-refractivity contribution < 1.29 is 14.7 Å². The van der Waals surface area contributed by atoms with Crippen LogP contribution in [0.1, 0.15) is 18.4 Å². The summed E-state index contributed by atoms with van der Waals surface area (Å²) in [5.41, 5.74) is 2.05. The van der Waals surface area contributed by atoms with Gasteiger partial charge in [-0.25, -0.2) is 0 Å². The normalized spacial score (nSPS) is 20.0. The van der Waals surface area contributed by atoms with Crippen molar-refractivity contribution in [2.24, 2.45) is 5.92 Å². The Morgan fingerprint density at radius 2 is 1.85 bits per heavy atom. The molecule has 0 aliphatic carbocycles. The lowest BCUT2D eigenvalue weighted by Gasteiger charge is -2.29. The smallest absolute Gasteiger partial charge is 0.306 e. The van der Waals surface area contributed by atoms with Crippen LogP contribution in [0.4, 0.5) is 5.69 Å². The molecule has 0 radical (unpaired) electrons. The van der Waals surface area contributed by atoms with Crippen LogP contribution in [0.5, 0.6) is 0 Å². The van der Waals surface area contributed by atoms with Gasteiger partial charge in [0.05, 0.1) is 12.5 Å². The van der Waals surface area contributed by atoms with Crippen molar-refractivity contribution in [3.05, 3.63) is 29.8 Å². The number of carbonyl (C=O) groups is 2. The number of piperidine rings is 1. The van der Waals surface area contributed by atoms with Gasteiger partial charge in [-0.2, -0.15) is 11.8 Å². The van der Waals surface area contributed by atoms with E-state index in [2.05, 4.69) is 22.3 Å². The Morgan fingerprint density at radius 1 is 1.12 bits per heavy atom. The van der Waals surface area contributed by atoms with E-state index in [1.807, 2.05) is 28.8 Å². The molecule has 6 nitrogen and oxygen atoms in total. The number of amides is 1. The average molecular weight is 378 g/mol. The number of benzene rings is 1. The zero-order valence-electron chi connectivity index (χ0n) is 15.0. The summed E-state index contributed by atoms with van der Waals surface area (Å²) >= 11 is 2.00. The topological polar surface area (TPSA) is 72.9 Å². The third-order valence-electron chi connectivity index (χ3n) is 5.02. The maximum atomic E-state index is 12.3. The fraction of sp³-hybridized carbons (Fsp3) is 0.579. The monoisotopic (exact) mass is 377 g/mol. The van der Waals surface area contributed by atoms with Gasteiger partial charge in [0.2, 0.25) is 5.91 Å². The van der Waals surface area contributed by atoms with E-state index < -0.39 is 5.97 Å². The van der Waals surface area contributed by atoms with Crippen molar-refractivity contribution in [2.75, 3.05) is 49.5 Å². The molecule has 0 aromatic heterocycles. The van der Waals surface area contributed by atoms with Crippen LogP contribution in [0.25, 0.3) is 0 Å². The molecule has 0 unspecified atom stereocenters. The molecule has 3 rings (SSSR count). The molecule has 0 saturated carbocycles. The van der Waals surface area contributed by atoms with Crippen molar-refractivity contribution in [3.8, 4) is 0 Å². The number of nitrogens with one attached hydrogen (secondary N) is 1. The largest absolute Gasteiger partial charge is 0.481 e. The summed E-state index contributed by atoms with van der Waals surface area (Å²) in [5.74, 6) is 1.35. The van der Waals surface area contributed by atoms with Crippen molar-refractivity contribution in [1.82, 2.24) is 9.80 Å². The molecule has 1 aromatic rings. The molecule has 1 amide bonds. The summed E-state index contributed by atoms with van der Waals surface area (Å²) in [6.07, 6.45) is 1.23. The van der Waals surface area contributed by atoms with E-state index in [-0.39, 0.29) is 11.8 Å². The zero-order valence-corrected chi connectivity index (χ0v) is 15.8. The van der Waals surface area contributed by atoms with Crippen LogP contribution >= 0.6 is 11.8 Å². The third-order valence-corrected chi connectivity index (χ3v) is 5.97. The number of anilines is 1. The van der Waals surface area contributed by atoms with Gasteiger partial charge in [-0.05, 0) is 43.6 Å². The minimum Gasteiger partial charge on any atom is -0.481 e. The predicted molar refractivity (Wildman–Crippen MR) is 104 cm³/mol. The van der Waals surface area contributed by atoms with Crippen LogP contribution in [0.15, 0.2) is 24.3 Å². The Morgan fingerprint density at radius 3 is 2.54 bits per heavy atom. The second-order valence-corrected chi connectivity index (χ2v) is 8.25. The Labute approximate surface area is 158 Å². The lowest BCUT2D eigenvalue weighted by Crippen LogP contribution is -2.40. The Hall–Kier alpha value is -1.57. The first-order chi connectivity index (χ1) is 12.6. The first-order valence-electron chi connectivity index (χ1n) is 9.24. The molecule has 142 valence electrons. The van der Waals surface area contributed by atoms with Crippen LogP contribution < -0.4 is 5.32 Å². The fourth-order valence-corrected chi connectivity index (χ4v) is 4.49. The lowest BCUT2D eigenvalue weighted by atomic mass is 9.97. The Balaban J connectivity index is 1.47. The van der Waals surface area contributed by atoms with Crippen LogP contribution in [-0.2, 0) is 16.1 Å². The molecule has 1 aromatic carbocycles. The quantitative estimate of drug-likeness (QED) is 0.790. The van der Waals surface area contributed by atoms with E-state index in [1.54, 1.807) is 0 Å². The summed E-state index contributed by atoms with van der Waals surface area (Å²) < 4.78 is 0. The van der Waals surface area contributed by atoms with E-state index >= 15 is 0 Å². The van der Waals surface area contributed by atoms with Gasteiger partial charge in [-0.3, -0.25) is 19.4 Å². The SMILES string of the molecule is O=C(CN1CCC(C(=O)O)CC1)Nc1cccc(CN2CCSCC2)c1. The third kappa shape index (κ3) is 5.72. The molecule has 2 aliphatic heterocycles. The number of carbonyl (C=O) groups excluding carboxylic acids is 1. The summed E-state index contributed by atoms with van der Waals surface area (Å²) in [5, 5.41) is 12.0. The van der Waals surface area contributed by atoms with Crippen LogP contribution in [0.2, 0.25) is 0 Å². The number of hydrogen-bond donors (Lipinski definition) is 2. The van der Waals surface area contributed by atoms with Crippen molar-refractivity contribution >= 4 is 29.3 Å². The zero-order chi connectivity index (χ0) is 18.4. The van der Waals surface area contributed by atoms with Gasteiger partial charge in [0.15, 0.2) is 0 Å². The van der Waals surface area contributed by atoms with E-state index in [0.29, 0.717) is 32.5 Å². The molecule has 2 saturated heterocycles. The number of carboxylic acids is 1. The first-order valence-corrected chi connectivity index (χ1v) is 10.4. The van der Waals surface area contributed by atoms with E-state index in [0.717, 1.165) is 25.3 Å². The van der Waals surface area contributed by atoms with Gasteiger partial charge in [-0.1, -0.05) is 12.1 Å². The molecular weight excluding hydrogens is 350 g/mol. The maximum absolute atomic E-state index is 12.3. The molecule has 0 spiro atoms. The molecule has 2 fully saturated rings. The minimum atomic E-state index is -0.724. The lowest BCUT2D eigenvalue weighted by molar-refractivity contribution is -0.143. The highest BCUT2D eigenvalue weighted by Crippen LogP contribution is 2.18. The number of nitrogens with zero attached hydrogens (tertiary/aromatic N) is 2. The second kappa shape index (κ2) is 9.39. The maximum Gasteiger partial charge on any atom is 0.306 e. The number of aliphatic carboxylic acids is 1. The fourth-order valence-electron chi connectivity index (χ4n) is 3.51. The van der Waals surface area contributed by atoms with Gasteiger partial charge in [0.1, 0.15) is 0 Å². The highest BCUT2D eigenvalue weighted by molar-refractivity contribution is 7.99.